The quantitative estimate of drug-likeness (QED) is 0.443. The van der Waals surface area contributed by atoms with Crippen LogP contribution in [0, 0.1) is 5.41 Å². The van der Waals surface area contributed by atoms with Crippen molar-refractivity contribution in [3.63, 3.8) is 0 Å². The summed E-state index contributed by atoms with van der Waals surface area (Å²) < 4.78 is 49.5. The van der Waals surface area contributed by atoms with Crippen LogP contribution in [0.15, 0.2) is 36.4 Å². The van der Waals surface area contributed by atoms with Crippen molar-refractivity contribution in [2.45, 2.75) is 72.2 Å². The first-order chi connectivity index (χ1) is 14.0. The van der Waals surface area contributed by atoms with E-state index in [1.165, 1.54) is 12.1 Å². The van der Waals surface area contributed by atoms with Gasteiger partial charge in [-0.2, -0.15) is 13.2 Å². The van der Waals surface area contributed by atoms with Crippen molar-refractivity contribution in [2.24, 2.45) is 5.41 Å². The van der Waals surface area contributed by atoms with Crippen molar-refractivity contribution in [1.29, 1.82) is 0 Å². The Kier molecular flexibility index (Phi) is 8.73. The predicted octanol–water partition coefficient (Wildman–Crippen LogP) is 5.85. The van der Waals surface area contributed by atoms with E-state index in [0.29, 0.717) is 5.56 Å². The molecular weight excluding hydrogens is 411 g/mol. The highest BCUT2D eigenvalue weighted by Gasteiger charge is 2.32. The Labute approximate surface area is 182 Å². The van der Waals surface area contributed by atoms with Crippen molar-refractivity contribution >= 4 is 12.1 Å². The Morgan fingerprint density at radius 1 is 1.03 bits per heavy atom. The van der Waals surface area contributed by atoms with Crippen LogP contribution >= 0.6 is 0 Å². The molecule has 0 unspecified atom stereocenters. The van der Waals surface area contributed by atoms with Gasteiger partial charge in [0.2, 0.25) is 0 Å². The van der Waals surface area contributed by atoms with Crippen LogP contribution in [0.5, 0.6) is 0 Å². The van der Waals surface area contributed by atoms with Gasteiger partial charge in [0, 0.05) is 5.92 Å². The second kappa shape index (κ2) is 10.2. The molecule has 2 atom stereocenters. The summed E-state index contributed by atoms with van der Waals surface area (Å²) >= 11 is 0. The molecule has 0 radical (unpaired) electrons. The van der Waals surface area contributed by atoms with Gasteiger partial charge in [-0.25, -0.2) is 4.79 Å². The lowest BCUT2D eigenvalue weighted by Crippen LogP contribution is -2.45. The van der Waals surface area contributed by atoms with Crippen LogP contribution in [0.1, 0.15) is 65.5 Å². The maximum Gasteiger partial charge on any atom is 0.416 e. The highest BCUT2D eigenvalue weighted by Crippen LogP contribution is 2.31. The summed E-state index contributed by atoms with van der Waals surface area (Å²) in [5.74, 6) is -1.01. The van der Waals surface area contributed by atoms with Crippen molar-refractivity contribution in [3.05, 3.63) is 47.5 Å². The SMILES string of the molecule is C/C=C/[C@@H](c1ccc(C(F)(F)F)cc1)[C@H](COC(=O)C(C)(C)C)NC(=O)OC(C)(C)C. The molecule has 1 N–H and O–H groups in total. The number of allylic oxidation sites excluding steroid dienone is 1. The van der Waals surface area contributed by atoms with E-state index >= 15 is 0 Å². The fourth-order valence-electron chi connectivity index (χ4n) is 2.66. The highest BCUT2D eigenvalue weighted by molar-refractivity contribution is 5.75. The number of nitrogens with one attached hydrogen (secondary N) is 1. The van der Waals surface area contributed by atoms with Gasteiger partial charge < -0.3 is 14.8 Å². The molecule has 0 spiro atoms. The Morgan fingerprint density at radius 2 is 1.58 bits per heavy atom. The fraction of sp³-hybridized carbons (Fsp3) is 0.565. The number of carbonyl (C=O) groups is 2. The van der Waals surface area contributed by atoms with Crippen molar-refractivity contribution in [1.82, 2.24) is 5.32 Å². The molecule has 0 saturated carbocycles. The molecule has 1 aromatic rings. The Balaban J connectivity index is 3.22. The van der Waals surface area contributed by atoms with Crippen LogP contribution in [-0.4, -0.2) is 30.3 Å². The van der Waals surface area contributed by atoms with Crippen LogP contribution in [0.3, 0.4) is 0 Å². The molecule has 0 bridgehead atoms. The zero-order valence-electron chi connectivity index (χ0n) is 19.1. The molecule has 0 heterocycles. The summed E-state index contributed by atoms with van der Waals surface area (Å²) in [4.78, 5) is 24.6. The third kappa shape index (κ3) is 9.02. The van der Waals surface area contributed by atoms with Gasteiger partial charge in [0.05, 0.1) is 17.0 Å². The molecule has 1 aromatic carbocycles. The number of carbonyl (C=O) groups excluding carboxylic acids is 2. The first-order valence-corrected chi connectivity index (χ1v) is 10.0. The molecule has 8 heteroatoms. The number of benzene rings is 1. The normalized spacial score (nSPS) is 14.8. The number of esters is 1. The first kappa shape index (κ1) is 26.5. The molecular formula is C23H32F3NO4. The molecule has 0 aromatic heterocycles. The van der Waals surface area contributed by atoms with Gasteiger partial charge in [0.15, 0.2) is 0 Å². The topological polar surface area (TPSA) is 64.6 Å². The minimum absolute atomic E-state index is 0.175. The molecule has 31 heavy (non-hydrogen) atoms. The van der Waals surface area contributed by atoms with E-state index in [0.717, 1.165) is 12.1 Å². The van der Waals surface area contributed by atoms with Crippen LogP contribution in [-0.2, 0) is 20.4 Å². The number of amides is 1. The zero-order valence-corrected chi connectivity index (χ0v) is 19.1. The lowest BCUT2D eigenvalue weighted by Gasteiger charge is -2.29. The maximum atomic E-state index is 12.9. The zero-order chi connectivity index (χ0) is 24.0. The van der Waals surface area contributed by atoms with Crippen LogP contribution in [0.2, 0.25) is 0 Å². The summed E-state index contributed by atoms with van der Waals surface area (Å²) in [5, 5.41) is 2.70. The fourth-order valence-corrected chi connectivity index (χ4v) is 2.66. The first-order valence-electron chi connectivity index (χ1n) is 10.0. The van der Waals surface area contributed by atoms with Gasteiger partial charge in [0.1, 0.15) is 12.2 Å². The molecule has 0 saturated heterocycles. The second-order valence-electron chi connectivity index (χ2n) is 9.27. The Bertz CT molecular complexity index is 772. The standard InChI is InChI=1S/C23H32F3NO4/c1-8-9-17(15-10-12-16(13-11-15)23(24,25)26)18(14-30-19(28)21(2,3)4)27-20(29)31-22(5,6)7/h8-13,17-18H,14H2,1-7H3,(H,27,29)/b9-8+/t17-,18-/m0/s1. The summed E-state index contributed by atoms with van der Waals surface area (Å²) in [7, 11) is 0. The molecule has 5 nitrogen and oxygen atoms in total. The minimum Gasteiger partial charge on any atom is -0.463 e. The number of hydrogen-bond donors (Lipinski definition) is 1. The number of alkyl halides is 3. The van der Waals surface area contributed by atoms with E-state index < -0.39 is 46.8 Å². The lowest BCUT2D eigenvalue weighted by atomic mass is 9.90. The van der Waals surface area contributed by atoms with Crippen LogP contribution in [0.25, 0.3) is 0 Å². The van der Waals surface area contributed by atoms with E-state index in [2.05, 4.69) is 5.32 Å². The molecule has 0 fully saturated rings. The van der Waals surface area contributed by atoms with Crippen LogP contribution < -0.4 is 5.32 Å². The van der Waals surface area contributed by atoms with Crippen molar-refractivity contribution in [3.8, 4) is 0 Å². The van der Waals surface area contributed by atoms with E-state index in [9.17, 15) is 22.8 Å². The third-order valence-corrected chi connectivity index (χ3v) is 4.16. The molecule has 174 valence electrons. The van der Waals surface area contributed by atoms with Crippen molar-refractivity contribution < 1.29 is 32.2 Å². The van der Waals surface area contributed by atoms with Gasteiger partial charge in [-0.3, -0.25) is 4.79 Å². The monoisotopic (exact) mass is 443 g/mol. The molecule has 1 rings (SSSR count). The Morgan fingerprint density at radius 3 is 2.00 bits per heavy atom. The van der Waals surface area contributed by atoms with Crippen LogP contribution in [0.4, 0.5) is 18.0 Å². The number of halogens is 3. The van der Waals surface area contributed by atoms with Gasteiger partial charge >= 0.3 is 18.2 Å². The van der Waals surface area contributed by atoms with Gasteiger partial charge in [-0.05, 0) is 66.2 Å². The van der Waals surface area contributed by atoms with Gasteiger partial charge in [-0.1, -0.05) is 24.3 Å². The largest absolute Gasteiger partial charge is 0.463 e. The number of hydrogen-bond acceptors (Lipinski definition) is 4. The van der Waals surface area contributed by atoms with E-state index in [1.807, 2.05) is 0 Å². The van der Waals surface area contributed by atoms with Gasteiger partial charge in [-0.15, -0.1) is 0 Å². The second-order valence-corrected chi connectivity index (χ2v) is 9.27. The van der Waals surface area contributed by atoms with E-state index in [4.69, 9.17) is 9.47 Å². The smallest absolute Gasteiger partial charge is 0.416 e. The minimum atomic E-state index is -4.45. The summed E-state index contributed by atoms with van der Waals surface area (Å²) in [6.07, 6.45) is -1.72. The molecule has 0 aliphatic rings. The number of rotatable bonds is 6. The van der Waals surface area contributed by atoms with E-state index in [-0.39, 0.29) is 6.61 Å². The number of alkyl carbamates (subject to hydrolysis) is 1. The lowest BCUT2D eigenvalue weighted by molar-refractivity contribution is -0.153. The number of ether oxygens (including phenoxy) is 2. The summed E-state index contributed by atoms with van der Waals surface area (Å²) in [6.45, 7) is 11.8. The summed E-state index contributed by atoms with van der Waals surface area (Å²) in [5.41, 5.74) is -1.74. The third-order valence-electron chi connectivity index (χ3n) is 4.16. The molecule has 0 aliphatic carbocycles. The molecule has 1 amide bonds. The average Bonchev–Trinajstić information content (AvgIpc) is 2.60. The van der Waals surface area contributed by atoms with Crippen molar-refractivity contribution in [2.75, 3.05) is 6.61 Å². The van der Waals surface area contributed by atoms with E-state index in [1.54, 1.807) is 60.6 Å². The summed E-state index contributed by atoms with van der Waals surface area (Å²) in [6, 6.07) is 3.91. The maximum absolute atomic E-state index is 12.9. The molecule has 0 aliphatic heterocycles. The average molecular weight is 444 g/mol. The predicted molar refractivity (Wildman–Crippen MR) is 113 cm³/mol. The highest BCUT2D eigenvalue weighted by atomic mass is 19.4. The Hall–Kier alpha value is -2.51. The van der Waals surface area contributed by atoms with Gasteiger partial charge in [0.25, 0.3) is 0 Å².